The highest BCUT2D eigenvalue weighted by Gasteiger charge is 2.12. The minimum absolute atomic E-state index is 0.0483. The van der Waals surface area contributed by atoms with E-state index in [1.54, 1.807) is 19.1 Å². The van der Waals surface area contributed by atoms with E-state index in [-0.39, 0.29) is 5.75 Å². The van der Waals surface area contributed by atoms with Crippen molar-refractivity contribution in [3.8, 4) is 0 Å². The van der Waals surface area contributed by atoms with Crippen molar-refractivity contribution in [1.82, 2.24) is 9.38 Å². The van der Waals surface area contributed by atoms with Gasteiger partial charge in [-0.3, -0.25) is 4.72 Å². The molecule has 0 amide bonds. The molecule has 2 aromatic rings. The van der Waals surface area contributed by atoms with Crippen molar-refractivity contribution in [3.05, 3.63) is 29.7 Å². The zero-order valence-electron chi connectivity index (χ0n) is 10.1. The van der Waals surface area contributed by atoms with Gasteiger partial charge >= 0.3 is 0 Å². The number of fused-ring (bicyclic) bond motifs is 1. The standard InChI is InChI=1S/C11H15N3O2S/c1-4-17(15,16)13-10-6-5-7-14-9(3)8(2)12-11(10)14/h5-7,13H,4H2,1-3H3. The van der Waals surface area contributed by atoms with E-state index in [1.807, 2.05) is 24.4 Å². The van der Waals surface area contributed by atoms with Crippen LogP contribution in [0.25, 0.3) is 5.65 Å². The molecule has 0 aliphatic heterocycles. The molecule has 0 saturated heterocycles. The second-order valence-electron chi connectivity index (χ2n) is 3.90. The molecule has 2 heterocycles. The maximum absolute atomic E-state index is 11.6. The topological polar surface area (TPSA) is 63.5 Å². The number of anilines is 1. The lowest BCUT2D eigenvalue weighted by molar-refractivity contribution is 0.602. The summed E-state index contributed by atoms with van der Waals surface area (Å²) in [6.07, 6.45) is 1.87. The molecule has 0 atom stereocenters. The molecule has 0 radical (unpaired) electrons. The Hall–Kier alpha value is -1.56. The van der Waals surface area contributed by atoms with Crippen molar-refractivity contribution in [3.63, 3.8) is 0 Å². The molecule has 0 fully saturated rings. The Kier molecular flexibility index (Phi) is 2.82. The minimum atomic E-state index is -3.27. The third kappa shape index (κ3) is 2.12. The number of nitrogens with one attached hydrogen (secondary N) is 1. The number of nitrogens with zero attached hydrogens (tertiary/aromatic N) is 2. The SMILES string of the molecule is CCS(=O)(=O)Nc1cccn2c(C)c(C)nc12. The highest BCUT2D eigenvalue weighted by Crippen LogP contribution is 2.20. The van der Waals surface area contributed by atoms with Gasteiger partial charge in [0.1, 0.15) is 0 Å². The molecule has 17 heavy (non-hydrogen) atoms. The number of aromatic nitrogens is 2. The normalized spacial score (nSPS) is 11.9. The fourth-order valence-corrected chi connectivity index (χ4v) is 2.26. The van der Waals surface area contributed by atoms with E-state index in [0.717, 1.165) is 11.4 Å². The monoisotopic (exact) mass is 253 g/mol. The summed E-state index contributed by atoms with van der Waals surface area (Å²) in [4.78, 5) is 4.37. The van der Waals surface area contributed by atoms with E-state index >= 15 is 0 Å². The van der Waals surface area contributed by atoms with Crippen LogP contribution < -0.4 is 4.72 Å². The lowest BCUT2D eigenvalue weighted by atomic mass is 10.4. The van der Waals surface area contributed by atoms with Crippen LogP contribution in [0, 0.1) is 13.8 Å². The Labute approximate surface area is 101 Å². The van der Waals surface area contributed by atoms with E-state index in [1.165, 1.54) is 0 Å². The summed E-state index contributed by atoms with van der Waals surface area (Å²) in [5.41, 5.74) is 3.07. The van der Waals surface area contributed by atoms with Crippen molar-refractivity contribution in [2.45, 2.75) is 20.8 Å². The minimum Gasteiger partial charge on any atom is -0.302 e. The van der Waals surface area contributed by atoms with Crippen molar-refractivity contribution in [1.29, 1.82) is 0 Å². The molecule has 1 N–H and O–H groups in total. The summed E-state index contributed by atoms with van der Waals surface area (Å²) in [5, 5.41) is 0. The molecular formula is C11H15N3O2S. The molecule has 5 nitrogen and oxygen atoms in total. The van der Waals surface area contributed by atoms with Gasteiger partial charge in [-0.05, 0) is 32.9 Å². The highest BCUT2D eigenvalue weighted by molar-refractivity contribution is 7.92. The summed E-state index contributed by atoms with van der Waals surface area (Å²) in [6, 6.07) is 3.52. The van der Waals surface area contributed by atoms with E-state index in [2.05, 4.69) is 9.71 Å². The molecule has 0 aromatic carbocycles. The fourth-order valence-electron chi connectivity index (χ4n) is 1.62. The smallest absolute Gasteiger partial charge is 0.232 e. The molecule has 6 heteroatoms. The number of hydrogen-bond donors (Lipinski definition) is 1. The maximum atomic E-state index is 11.6. The van der Waals surface area contributed by atoms with Gasteiger partial charge in [-0.2, -0.15) is 0 Å². The van der Waals surface area contributed by atoms with Gasteiger partial charge in [0.05, 0.1) is 17.1 Å². The second kappa shape index (κ2) is 4.03. The predicted octanol–water partition coefficient (Wildman–Crippen LogP) is 1.71. The van der Waals surface area contributed by atoms with Gasteiger partial charge in [0, 0.05) is 11.9 Å². The molecular weight excluding hydrogens is 238 g/mol. The second-order valence-corrected chi connectivity index (χ2v) is 5.91. The van der Waals surface area contributed by atoms with Gasteiger partial charge in [-0.15, -0.1) is 0 Å². The van der Waals surface area contributed by atoms with Gasteiger partial charge in [0.25, 0.3) is 0 Å². The molecule has 0 aliphatic carbocycles. The number of imidazole rings is 1. The van der Waals surface area contributed by atoms with E-state index in [4.69, 9.17) is 0 Å². The number of aryl methyl sites for hydroxylation is 2. The molecule has 0 unspecified atom stereocenters. The van der Waals surface area contributed by atoms with Crippen LogP contribution in [-0.2, 0) is 10.0 Å². The first-order valence-electron chi connectivity index (χ1n) is 5.39. The van der Waals surface area contributed by atoms with Crippen molar-refractivity contribution in [2.75, 3.05) is 10.5 Å². The summed E-state index contributed by atoms with van der Waals surface area (Å²) >= 11 is 0. The van der Waals surface area contributed by atoms with Crippen molar-refractivity contribution in [2.24, 2.45) is 0 Å². The van der Waals surface area contributed by atoms with Gasteiger partial charge in [-0.25, -0.2) is 13.4 Å². The Balaban J connectivity index is 2.59. The van der Waals surface area contributed by atoms with Gasteiger partial charge in [0.15, 0.2) is 5.65 Å². The first-order chi connectivity index (χ1) is 7.94. The molecule has 2 aromatic heterocycles. The Morgan fingerprint density at radius 2 is 2.12 bits per heavy atom. The molecule has 0 spiro atoms. The van der Waals surface area contributed by atoms with Crippen LogP contribution in [0.5, 0.6) is 0 Å². The maximum Gasteiger partial charge on any atom is 0.232 e. The number of rotatable bonds is 3. The molecule has 2 rings (SSSR count). The number of sulfonamides is 1. The van der Waals surface area contributed by atoms with Crippen LogP contribution in [-0.4, -0.2) is 23.6 Å². The van der Waals surface area contributed by atoms with Crippen LogP contribution in [0.2, 0.25) is 0 Å². The van der Waals surface area contributed by atoms with Gasteiger partial charge < -0.3 is 4.40 Å². The van der Waals surface area contributed by atoms with Crippen LogP contribution in [0.1, 0.15) is 18.3 Å². The third-order valence-electron chi connectivity index (χ3n) is 2.77. The number of hydrogen-bond acceptors (Lipinski definition) is 3. The summed E-state index contributed by atoms with van der Waals surface area (Å²) < 4.78 is 27.5. The van der Waals surface area contributed by atoms with E-state index < -0.39 is 10.0 Å². The van der Waals surface area contributed by atoms with Crippen LogP contribution in [0.15, 0.2) is 18.3 Å². The van der Waals surface area contributed by atoms with Gasteiger partial charge in [0.2, 0.25) is 10.0 Å². The zero-order valence-corrected chi connectivity index (χ0v) is 10.9. The fraction of sp³-hybridized carbons (Fsp3) is 0.364. The Morgan fingerprint density at radius 1 is 1.41 bits per heavy atom. The van der Waals surface area contributed by atoms with Crippen LogP contribution >= 0.6 is 0 Å². The van der Waals surface area contributed by atoms with Crippen LogP contribution in [0.4, 0.5) is 5.69 Å². The molecule has 0 bridgehead atoms. The Morgan fingerprint density at radius 3 is 2.76 bits per heavy atom. The van der Waals surface area contributed by atoms with Crippen molar-refractivity contribution >= 4 is 21.4 Å². The predicted molar refractivity (Wildman–Crippen MR) is 67.7 cm³/mol. The third-order valence-corrected chi connectivity index (χ3v) is 4.06. The summed E-state index contributed by atoms with van der Waals surface area (Å²) in [6.45, 7) is 5.46. The quantitative estimate of drug-likeness (QED) is 0.905. The van der Waals surface area contributed by atoms with E-state index in [9.17, 15) is 8.42 Å². The van der Waals surface area contributed by atoms with Crippen LogP contribution in [0.3, 0.4) is 0 Å². The summed E-state index contributed by atoms with van der Waals surface area (Å²) in [5.74, 6) is 0.0483. The molecule has 92 valence electrons. The summed E-state index contributed by atoms with van der Waals surface area (Å²) in [7, 11) is -3.27. The first kappa shape index (κ1) is 11.9. The molecule has 0 saturated carbocycles. The van der Waals surface area contributed by atoms with Crippen molar-refractivity contribution < 1.29 is 8.42 Å². The zero-order chi connectivity index (χ0) is 12.6. The highest BCUT2D eigenvalue weighted by atomic mass is 32.2. The first-order valence-corrected chi connectivity index (χ1v) is 7.04. The Bertz CT molecular complexity index is 659. The number of pyridine rings is 1. The molecule has 0 aliphatic rings. The van der Waals surface area contributed by atoms with Gasteiger partial charge in [-0.1, -0.05) is 0 Å². The lowest BCUT2D eigenvalue weighted by Crippen LogP contribution is -2.15. The largest absolute Gasteiger partial charge is 0.302 e. The average molecular weight is 253 g/mol. The lowest BCUT2D eigenvalue weighted by Gasteiger charge is -2.07. The average Bonchev–Trinajstić information content (AvgIpc) is 2.57. The van der Waals surface area contributed by atoms with E-state index in [0.29, 0.717) is 11.3 Å².